The molecule has 0 saturated carbocycles. The van der Waals surface area contributed by atoms with Crippen molar-refractivity contribution in [1.82, 2.24) is 5.32 Å². The van der Waals surface area contributed by atoms with E-state index in [4.69, 9.17) is 4.74 Å². The first-order chi connectivity index (χ1) is 8.54. The van der Waals surface area contributed by atoms with Gasteiger partial charge in [0.15, 0.2) is 0 Å². The van der Waals surface area contributed by atoms with Gasteiger partial charge in [0.25, 0.3) is 5.69 Å². The second-order valence-electron chi connectivity index (χ2n) is 4.12. The number of nitro benzene ring substituents is 1. The molecule has 0 aliphatic carbocycles. The van der Waals surface area contributed by atoms with Gasteiger partial charge in [-0.25, -0.2) is 0 Å². The second-order valence-corrected chi connectivity index (χ2v) is 4.12. The zero-order valence-corrected chi connectivity index (χ0v) is 10.5. The maximum absolute atomic E-state index is 10.8. The predicted octanol–water partition coefficient (Wildman–Crippen LogP) is 1.00. The Labute approximate surface area is 106 Å². The third kappa shape index (κ3) is 4.40. The monoisotopic (exact) mass is 254 g/mol. The van der Waals surface area contributed by atoms with Gasteiger partial charge in [0, 0.05) is 31.8 Å². The van der Waals surface area contributed by atoms with Gasteiger partial charge in [0.1, 0.15) is 0 Å². The third-order valence-corrected chi connectivity index (χ3v) is 2.54. The molecule has 0 saturated heterocycles. The molecule has 18 heavy (non-hydrogen) atoms. The van der Waals surface area contributed by atoms with Crippen LogP contribution >= 0.6 is 0 Å². The molecule has 0 fully saturated rings. The number of nitrogens with one attached hydrogen (secondary N) is 1. The van der Waals surface area contributed by atoms with Gasteiger partial charge in [-0.1, -0.05) is 12.1 Å². The van der Waals surface area contributed by atoms with Crippen LogP contribution in [0.25, 0.3) is 0 Å². The summed E-state index contributed by atoms with van der Waals surface area (Å²) in [5, 5.41) is 23.2. The molecule has 6 nitrogen and oxygen atoms in total. The SMILES string of the molecule is COCC(O)CNCc1ccc(C)c([N+](=O)[O-])c1. The number of aliphatic hydroxyl groups is 1. The van der Waals surface area contributed by atoms with Crippen molar-refractivity contribution in [3.63, 3.8) is 0 Å². The predicted molar refractivity (Wildman–Crippen MR) is 67.4 cm³/mol. The fraction of sp³-hybridized carbons (Fsp3) is 0.500. The molecule has 0 spiro atoms. The molecule has 100 valence electrons. The van der Waals surface area contributed by atoms with Crippen LogP contribution in [0.4, 0.5) is 5.69 Å². The van der Waals surface area contributed by atoms with Crippen LogP contribution in [0.3, 0.4) is 0 Å². The average molecular weight is 254 g/mol. The van der Waals surface area contributed by atoms with Crippen molar-refractivity contribution >= 4 is 5.69 Å². The smallest absolute Gasteiger partial charge is 0.272 e. The van der Waals surface area contributed by atoms with Crippen LogP contribution in [-0.4, -0.2) is 36.4 Å². The first-order valence-corrected chi connectivity index (χ1v) is 5.66. The molecule has 1 aromatic rings. The van der Waals surface area contributed by atoms with E-state index >= 15 is 0 Å². The highest BCUT2D eigenvalue weighted by molar-refractivity contribution is 5.42. The summed E-state index contributed by atoms with van der Waals surface area (Å²) in [5.41, 5.74) is 1.58. The number of methoxy groups -OCH3 is 1. The van der Waals surface area contributed by atoms with E-state index in [0.717, 1.165) is 5.56 Å². The largest absolute Gasteiger partial charge is 0.389 e. The minimum atomic E-state index is -0.574. The number of aryl methyl sites for hydroxylation is 1. The molecule has 2 N–H and O–H groups in total. The first kappa shape index (κ1) is 14.6. The highest BCUT2D eigenvalue weighted by Gasteiger charge is 2.11. The molecule has 1 unspecified atom stereocenters. The molecule has 1 aromatic carbocycles. The number of hydrogen-bond acceptors (Lipinski definition) is 5. The molecule has 1 atom stereocenters. The van der Waals surface area contributed by atoms with Gasteiger partial charge in [0.05, 0.1) is 17.6 Å². The fourth-order valence-corrected chi connectivity index (χ4v) is 1.60. The Bertz CT molecular complexity index is 409. The lowest BCUT2D eigenvalue weighted by atomic mass is 10.1. The molecule has 1 rings (SSSR count). The molecule has 0 aromatic heterocycles. The molecule has 0 heterocycles. The van der Waals surface area contributed by atoms with E-state index in [1.807, 2.05) is 6.07 Å². The molecule has 6 heteroatoms. The Morgan fingerprint density at radius 1 is 1.56 bits per heavy atom. The molecular weight excluding hydrogens is 236 g/mol. The molecule has 0 amide bonds. The van der Waals surface area contributed by atoms with Crippen molar-refractivity contribution in [3.8, 4) is 0 Å². The Morgan fingerprint density at radius 2 is 2.28 bits per heavy atom. The van der Waals surface area contributed by atoms with E-state index < -0.39 is 11.0 Å². The summed E-state index contributed by atoms with van der Waals surface area (Å²) in [4.78, 5) is 10.4. The highest BCUT2D eigenvalue weighted by Crippen LogP contribution is 2.18. The summed E-state index contributed by atoms with van der Waals surface area (Å²) in [6.45, 7) is 2.83. The number of nitro groups is 1. The zero-order valence-electron chi connectivity index (χ0n) is 10.5. The minimum Gasteiger partial charge on any atom is -0.389 e. The topological polar surface area (TPSA) is 84.6 Å². The lowest BCUT2D eigenvalue weighted by Crippen LogP contribution is -2.29. The average Bonchev–Trinajstić information content (AvgIpc) is 2.31. The minimum absolute atomic E-state index is 0.117. The van der Waals surface area contributed by atoms with Crippen LogP contribution in [0.15, 0.2) is 18.2 Å². The lowest BCUT2D eigenvalue weighted by Gasteiger charge is -2.10. The maximum Gasteiger partial charge on any atom is 0.272 e. The maximum atomic E-state index is 10.8. The van der Waals surface area contributed by atoms with Gasteiger partial charge in [-0.05, 0) is 12.5 Å². The van der Waals surface area contributed by atoms with Crippen LogP contribution in [0.5, 0.6) is 0 Å². The van der Waals surface area contributed by atoms with Gasteiger partial charge >= 0.3 is 0 Å². The van der Waals surface area contributed by atoms with Gasteiger partial charge < -0.3 is 15.2 Å². The summed E-state index contributed by atoms with van der Waals surface area (Å²) in [5.74, 6) is 0. The van der Waals surface area contributed by atoms with Crippen LogP contribution in [0, 0.1) is 17.0 Å². The summed E-state index contributed by atoms with van der Waals surface area (Å²) in [6.07, 6.45) is -0.574. The van der Waals surface area contributed by atoms with Crippen LogP contribution in [0.1, 0.15) is 11.1 Å². The van der Waals surface area contributed by atoms with Crippen LogP contribution in [-0.2, 0) is 11.3 Å². The van der Waals surface area contributed by atoms with E-state index in [9.17, 15) is 15.2 Å². The fourth-order valence-electron chi connectivity index (χ4n) is 1.60. The number of hydrogen-bond donors (Lipinski definition) is 2. The van der Waals surface area contributed by atoms with Gasteiger partial charge in [-0.2, -0.15) is 0 Å². The Hall–Kier alpha value is -1.50. The van der Waals surface area contributed by atoms with E-state index in [0.29, 0.717) is 18.7 Å². The molecule has 0 radical (unpaired) electrons. The number of ether oxygens (including phenoxy) is 1. The quantitative estimate of drug-likeness (QED) is 0.560. The van der Waals surface area contributed by atoms with Crippen molar-refractivity contribution in [1.29, 1.82) is 0 Å². The van der Waals surface area contributed by atoms with Gasteiger partial charge in [-0.15, -0.1) is 0 Å². The summed E-state index contributed by atoms with van der Waals surface area (Å²) < 4.78 is 4.79. The molecule has 0 aliphatic rings. The first-order valence-electron chi connectivity index (χ1n) is 5.66. The molecule has 0 bridgehead atoms. The van der Waals surface area contributed by atoms with Crippen LogP contribution < -0.4 is 5.32 Å². The number of benzene rings is 1. The Morgan fingerprint density at radius 3 is 2.89 bits per heavy atom. The third-order valence-electron chi connectivity index (χ3n) is 2.54. The van der Waals surface area contributed by atoms with Gasteiger partial charge in [0.2, 0.25) is 0 Å². The summed E-state index contributed by atoms with van der Waals surface area (Å²) in [6, 6.07) is 5.10. The zero-order chi connectivity index (χ0) is 13.5. The standard InChI is InChI=1S/C12H18N2O4/c1-9-3-4-10(5-12(9)14(16)17)6-13-7-11(15)8-18-2/h3-5,11,13,15H,6-8H2,1-2H3. The van der Waals surface area contributed by atoms with Crippen molar-refractivity contribution in [3.05, 3.63) is 39.4 Å². The molecular formula is C12H18N2O4. The van der Waals surface area contributed by atoms with E-state index in [1.54, 1.807) is 19.1 Å². The van der Waals surface area contributed by atoms with Gasteiger partial charge in [-0.3, -0.25) is 10.1 Å². The van der Waals surface area contributed by atoms with Crippen LogP contribution in [0.2, 0.25) is 0 Å². The van der Waals surface area contributed by atoms with E-state index in [1.165, 1.54) is 7.11 Å². The number of aliphatic hydroxyl groups excluding tert-OH is 1. The van der Waals surface area contributed by atoms with Crippen molar-refractivity contribution in [2.75, 3.05) is 20.3 Å². The van der Waals surface area contributed by atoms with E-state index in [-0.39, 0.29) is 12.3 Å². The number of rotatable bonds is 7. The second kappa shape index (κ2) is 7.05. The van der Waals surface area contributed by atoms with Crippen molar-refractivity contribution in [2.45, 2.75) is 19.6 Å². The highest BCUT2D eigenvalue weighted by atomic mass is 16.6. The lowest BCUT2D eigenvalue weighted by molar-refractivity contribution is -0.385. The molecule has 0 aliphatic heterocycles. The number of nitrogens with zero attached hydrogens (tertiary/aromatic N) is 1. The summed E-state index contributed by atoms with van der Waals surface area (Å²) >= 11 is 0. The van der Waals surface area contributed by atoms with E-state index in [2.05, 4.69) is 5.32 Å². The Balaban J connectivity index is 2.53. The van der Waals surface area contributed by atoms with Crippen molar-refractivity contribution in [2.24, 2.45) is 0 Å². The van der Waals surface area contributed by atoms with Crippen molar-refractivity contribution < 1.29 is 14.8 Å². The Kier molecular flexibility index (Phi) is 5.70. The summed E-state index contributed by atoms with van der Waals surface area (Å²) in [7, 11) is 1.52. The normalized spacial score (nSPS) is 12.4.